The van der Waals surface area contributed by atoms with E-state index in [4.69, 9.17) is 0 Å². The van der Waals surface area contributed by atoms with E-state index in [2.05, 4.69) is 0 Å². The summed E-state index contributed by atoms with van der Waals surface area (Å²) in [7, 11) is -4.09. The van der Waals surface area contributed by atoms with Crippen LogP contribution in [-0.2, 0) is 10.0 Å². The van der Waals surface area contributed by atoms with Crippen molar-refractivity contribution in [2.24, 2.45) is 0 Å². The molecule has 0 saturated carbocycles. The Morgan fingerprint density at radius 3 is 2.29 bits per heavy atom. The molecule has 112 valence electrons. The maximum atomic E-state index is 13.8. The van der Waals surface area contributed by atoms with E-state index in [1.165, 1.54) is 29.5 Å². The predicted octanol–water partition coefficient (Wildman–Crippen LogP) is 3.82. The summed E-state index contributed by atoms with van der Waals surface area (Å²) in [5, 5.41) is 0. The number of sulfonamides is 1. The average Bonchev–Trinajstić information content (AvgIpc) is 2.42. The Bertz CT molecular complexity index is 809. The van der Waals surface area contributed by atoms with Crippen molar-refractivity contribution in [3.05, 3.63) is 56.9 Å². The number of halogens is 4. The van der Waals surface area contributed by atoms with Gasteiger partial charge in [-0.2, -0.15) is 0 Å². The third-order valence-electron chi connectivity index (χ3n) is 2.72. The molecule has 0 heterocycles. The largest absolute Gasteiger partial charge is 0.277 e. The van der Waals surface area contributed by atoms with Gasteiger partial charge < -0.3 is 0 Å². The van der Waals surface area contributed by atoms with Gasteiger partial charge in [-0.25, -0.2) is 21.6 Å². The molecule has 0 saturated heterocycles. The molecule has 0 unspecified atom stereocenters. The fourth-order valence-corrected chi connectivity index (χ4v) is 3.21. The maximum absolute atomic E-state index is 13.8. The number of benzene rings is 2. The lowest BCUT2D eigenvalue weighted by Crippen LogP contribution is -2.15. The Morgan fingerprint density at radius 1 is 1.05 bits per heavy atom. The third kappa shape index (κ3) is 3.31. The standard InChI is InChI=1S/C13H9F3INO2S/c1-7-6-8(2-3-9(7)14)21(19,20)18-11-5-4-10(15)13(17)12(11)16/h2-6,18H,1H3. The Labute approximate surface area is 133 Å². The van der Waals surface area contributed by atoms with E-state index in [1.54, 1.807) is 0 Å². The molecule has 0 atom stereocenters. The van der Waals surface area contributed by atoms with Gasteiger partial charge >= 0.3 is 0 Å². The van der Waals surface area contributed by atoms with Crippen molar-refractivity contribution >= 4 is 38.3 Å². The molecule has 2 rings (SSSR count). The predicted molar refractivity (Wildman–Crippen MR) is 81.0 cm³/mol. The Balaban J connectivity index is 2.42. The first-order valence-electron chi connectivity index (χ1n) is 5.65. The van der Waals surface area contributed by atoms with Crippen LogP contribution in [0.4, 0.5) is 18.9 Å². The highest BCUT2D eigenvalue weighted by atomic mass is 127. The zero-order valence-electron chi connectivity index (χ0n) is 10.6. The monoisotopic (exact) mass is 427 g/mol. The van der Waals surface area contributed by atoms with Crippen LogP contribution in [0.5, 0.6) is 0 Å². The summed E-state index contributed by atoms with van der Waals surface area (Å²) in [5.41, 5.74) is -0.227. The van der Waals surface area contributed by atoms with E-state index in [1.807, 2.05) is 4.72 Å². The van der Waals surface area contributed by atoms with Crippen LogP contribution in [0.3, 0.4) is 0 Å². The smallest absolute Gasteiger partial charge is 0.261 e. The van der Waals surface area contributed by atoms with Crippen molar-refractivity contribution < 1.29 is 21.6 Å². The van der Waals surface area contributed by atoms with Crippen molar-refractivity contribution in [2.45, 2.75) is 11.8 Å². The second-order valence-electron chi connectivity index (χ2n) is 4.24. The van der Waals surface area contributed by atoms with Gasteiger partial charge in [0.2, 0.25) is 0 Å². The minimum atomic E-state index is -4.09. The summed E-state index contributed by atoms with van der Waals surface area (Å²) in [5.74, 6) is -2.33. The van der Waals surface area contributed by atoms with Gasteiger partial charge in [0.25, 0.3) is 10.0 Å². The highest BCUT2D eigenvalue weighted by Crippen LogP contribution is 2.25. The number of hydrogen-bond acceptors (Lipinski definition) is 2. The first-order chi connectivity index (χ1) is 9.72. The van der Waals surface area contributed by atoms with Crippen LogP contribution < -0.4 is 4.72 Å². The fourth-order valence-electron chi connectivity index (χ4n) is 1.59. The molecule has 3 nitrogen and oxygen atoms in total. The van der Waals surface area contributed by atoms with Crippen LogP contribution in [0.1, 0.15) is 5.56 Å². The average molecular weight is 427 g/mol. The quantitative estimate of drug-likeness (QED) is 0.598. The van der Waals surface area contributed by atoms with E-state index >= 15 is 0 Å². The van der Waals surface area contributed by atoms with Crippen molar-refractivity contribution in [2.75, 3.05) is 4.72 Å². The zero-order chi connectivity index (χ0) is 15.8. The molecule has 21 heavy (non-hydrogen) atoms. The lowest BCUT2D eigenvalue weighted by atomic mass is 10.2. The van der Waals surface area contributed by atoms with Crippen LogP contribution in [-0.4, -0.2) is 8.42 Å². The maximum Gasteiger partial charge on any atom is 0.261 e. The number of hydrogen-bond donors (Lipinski definition) is 1. The molecule has 0 aromatic heterocycles. The van der Waals surface area contributed by atoms with Crippen LogP contribution >= 0.6 is 22.6 Å². The fraction of sp³-hybridized carbons (Fsp3) is 0.0769. The van der Waals surface area contributed by atoms with Gasteiger partial charge in [-0.05, 0) is 65.4 Å². The van der Waals surface area contributed by atoms with Gasteiger partial charge in [0.1, 0.15) is 11.6 Å². The van der Waals surface area contributed by atoms with Gasteiger partial charge in [0.05, 0.1) is 14.2 Å². The number of aryl methyl sites for hydroxylation is 1. The first kappa shape index (κ1) is 16.1. The molecule has 0 spiro atoms. The number of anilines is 1. The Hall–Kier alpha value is -1.29. The highest BCUT2D eigenvalue weighted by molar-refractivity contribution is 14.1. The molecule has 0 radical (unpaired) electrons. The lowest BCUT2D eigenvalue weighted by Gasteiger charge is -2.10. The van der Waals surface area contributed by atoms with Gasteiger partial charge in [-0.15, -0.1) is 0 Å². The molecule has 2 aromatic carbocycles. The summed E-state index contributed by atoms with van der Waals surface area (Å²) < 4.78 is 66.1. The summed E-state index contributed by atoms with van der Waals surface area (Å²) >= 11 is 1.44. The van der Waals surface area contributed by atoms with Crippen molar-refractivity contribution in [3.63, 3.8) is 0 Å². The topological polar surface area (TPSA) is 46.2 Å². The zero-order valence-corrected chi connectivity index (χ0v) is 13.6. The second-order valence-corrected chi connectivity index (χ2v) is 7.00. The van der Waals surface area contributed by atoms with E-state index in [9.17, 15) is 21.6 Å². The molecule has 0 aliphatic heterocycles. The molecule has 1 N–H and O–H groups in total. The molecular weight excluding hydrogens is 418 g/mol. The van der Waals surface area contributed by atoms with Crippen molar-refractivity contribution in [1.82, 2.24) is 0 Å². The van der Waals surface area contributed by atoms with E-state index in [0.717, 1.165) is 30.3 Å². The van der Waals surface area contributed by atoms with Crippen molar-refractivity contribution in [3.8, 4) is 0 Å². The van der Waals surface area contributed by atoms with Crippen LogP contribution in [0.25, 0.3) is 0 Å². The summed E-state index contributed by atoms with van der Waals surface area (Å²) in [6.45, 7) is 1.41. The van der Waals surface area contributed by atoms with Crippen LogP contribution in [0, 0.1) is 27.9 Å². The molecule has 0 bridgehead atoms. The molecule has 0 aliphatic rings. The third-order valence-corrected chi connectivity index (χ3v) is 5.07. The van der Waals surface area contributed by atoms with E-state index in [0.29, 0.717) is 0 Å². The highest BCUT2D eigenvalue weighted by Gasteiger charge is 2.19. The van der Waals surface area contributed by atoms with Gasteiger partial charge in [-0.1, -0.05) is 0 Å². The molecule has 8 heteroatoms. The summed E-state index contributed by atoms with van der Waals surface area (Å²) in [4.78, 5) is -0.208. The van der Waals surface area contributed by atoms with Gasteiger partial charge in [0.15, 0.2) is 5.82 Å². The van der Waals surface area contributed by atoms with Crippen LogP contribution in [0.15, 0.2) is 35.2 Å². The normalized spacial score (nSPS) is 11.5. The van der Waals surface area contributed by atoms with Gasteiger partial charge in [-0.3, -0.25) is 4.72 Å². The minimum Gasteiger partial charge on any atom is -0.277 e. The minimum absolute atomic E-state index is 0.145. The molecule has 0 aliphatic carbocycles. The molecule has 2 aromatic rings. The number of nitrogens with one attached hydrogen (secondary N) is 1. The van der Waals surface area contributed by atoms with Gasteiger partial charge in [0, 0.05) is 0 Å². The van der Waals surface area contributed by atoms with E-state index < -0.39 is 27.5 Å². The SMILES string of the molecule is Cc1cc(S(=O)(=O)Nc2ccc(F)c(I)c2F)ccc1F. The molecular formula is C13H9F3INO2S. The van der Waals surface area contributed by atoms with Crippen molar-refractivity contribution in [1.29, 1.82) is 0 Å². The Kier molecular flexibility index (Phi) is 4.47. The number of rotatable bonds is 3. The summed E-state index contributed by atoms with van der Waals surface area (Å²) in [6, 6.07) is 5.15. The molecule has 0 fully saturated rings. The second kappa shape index (κ2) is 5.84. The van der Waals surface area contributed by atoms with Crippen LogP contribution in [0.2, 0.25) is 0 Å². The molecule has 0 amide bonds. The Morgan fingerprint density at radius 2 is 1.67 bits per heavy atom. The lowest BCUT2D eigenvalue weighted by molar-refractivity contribution is 0.571. The summed E-state index contributed by atoms with van der Waals surface area (Å²) in [6.07, 6.45) is 0. The first-order valence-corrected chi connectivity index (χ1v) is 8.21. The van der Waals surface area contributed by atoms with E-state index in [-0.39, 0.29) is 19.7 Å².